The molecule has 0 bridgehead atoms. The molecule has 3 aromatic rings. The third-order valence-electron chi connectivity index (χ3n) is 3.30. The molecular formula is C16H17N3. The zero-order chi connectivity index (χ0) is 13.2. The number of nitrogens with two attached hydrogens (primary N) is 1. The topological polar surface area (TPSA) is 43.3 Å². The van der Waals surface area contributed by atoms with Crippen LogP contribution in [-0.4, -0.2) is 9.38 Å². The summed E-state index contributed by atoms with van der Waals surface area (Å²) in [6.07, 6.45) is 2.94. The van der Waals surface area contributed by atoms with Gasteiger partial charge in [-0.3, -0.25) is 0 Å². The van der Waals surface area contributed by atoms with Crippen molar-refractivity contribution in [3.8, 4) is 0 Å². The molecule has 0 saturated carbocycles. The van der Waals surface area contributed by atoms with E-state index in [-0.39, 0.29) is 0 Å². The summed E-state index contributed by atoms with van der Waals surface area (Å²) in [5, 5.41) is 0. The van der Waals surface area contributed by atoms with Crippen LogP contribution in [0.4, 0.5) is 0 Å². The van der Waals surface area contributed by atoms with Crippen molar-refractivity contribution in [2.75, 3.05) is 0 Å². The molecule has 0 aliphatic rings. The number of fused-ring (bicyclic) bond motifs is 1. The molecule has 3 heteroatoms. The third-order valence-corrected chi connectivity index (χ3v) is 3.30. The lowest BCUT2D eigenvalue weighted by Crippen LogP contribution is -2.02. The Hall–Kier alpha value is -2.13. The first-order valence-corrected chi connectivity index (χ1v) is 6.48. The first-order valence-electron chi connectivity index (χ1n) is 6.48. The summed E-state index contributed by atoms with van der Waals surface area (Å²) in [5.74, 6) is 0. The minimum Gasteiger partial charge on any atom is -0.325 e. The van der Waals surface area contributed by atoms with Crippen LogP contribution >= 0.6 is 0 Å². The number of hydrogen-bond acceptors (Lipinski definition) is 2. The number of benzene rings is 1. The van der Waals surface area contributed by atoms with Gasteiger partial charge in [-0.2, -0.15) is 0 Å². The molecule has 0 spiro atoms. The molecule has 0 amide bonds. The molecule has 19 heavy (non-hydrogen) atoms. The van der Waals surface area contributed by atoms with Gasteiger partial charge in [0.15, 0.2) is 0 Å². The lowest BCUT2D eigenvalue weighted by Gasteiger charge is -2.00. The molecule has 96 valence electrons. The van der Waals surface area contributed by atoms with Crippen molar-refractivity contribution in [2.24, 2.45) is 5.73 Å². The van der Waals surface area contributed by atoms with Gasteiger partial charge in [0.1, 0.15) is 5.65 Å². The second kappa shape index (κ2) is 4.86. The van der Waals surface area contributed by atoms with E-state index in [4.69, 9.17) is 5.73 Å². The Morgan fingerprint density at radius 2 is 2.00 bits per heavy atom. The van der Waals surface area contributed by atoms with E-state index in [1.807, 2.05) is 18.2 Å². The molecule has 0 fully saturated rings. The fourth-order valence-electron chi connectivity index (χ4n) is 2.40. The van der Waals surface area contributed by atoms with E-state index in [0.29, 0.717) is 6.54 Å². The molecule has 3 rings (SSSR count). The standard InChI is InChI=1S/C16H17N3/c1-12-4-2-5-13(8-12)9-14-11-19-15(10-17)6-3-7-16(19)18-14/h2-8,11H,9-10,17H2,1H3. The Balaban J connectivity index is 1.98. The van der Waals surface area contributed by atoms with Gasteiger partial charge < -0.3 is 10.1 Å². The lowest BCUT2D eigenvalue weighted by molar-refractivity contribution is 0.944. The highest BCUT2D eigenvalue weighted by molar-refractivity contribution is 5.42. The van der Waals surface area contributed by atoms with Crippen LogP contribution < -0.4 is 5.73 Å². The molecule has 3 nitrogen and oxygen atoms in total. The summed E-state index contributed by atoms with van der Waals surface area (Å²) in [7, 11) is 0. The highest BCUT2D eigenvalue weighted by Crippen LogP contribution is 2.13. The molecule has 0 unspecified atom stereocenters. The molecule has 0 aliphatic heterocycles. The number of pyridine rings is 1. The van der Waals surface area contributed by atoms with Crippen molar-refractivity contribution >= 4 is 5.65 Å². The number of aromatic nitrogens is 2. The largest absolute Gasteiger partial charge is 0.325 e. The fourth-order valence-corrected chi connectivity index (χ4v) is 2.40. The normalized spacial score (nSPS) is 11.1. The van der Waals surface area contributed by atoms with Crippen LogP contribution in [0.3, 0.4) is 0 Å². The quantitative estimate of drug-likeness (QED) is 0.777. The van der Waals surface area contributed by atoms with Crippen molar-refractivity contribution < 1.29 is 0 Å². The van der Waals surface area contributed by atoms with Crippen LogP contribution in [-0.2, 0) is 13.0 Å². The van der Waals surface area contributed by atoms with Gasteiger partial charge in [-0.25, -0.2) is 4.98 Å². The maximum Gasteiger partial charge on any atom is 0.137 e. The zero-order valence-electron chi connectivity index (χ0n) is 11.0. The van der Waals surface area contributed by atoms with Gasteiger partial charge in [0.05, 0.1) is 5.69 Å². The summed E-state index contributed by atoms with van der Waals surface area (Å²) < 4.78 is 2.07. The Morgan fingerprint density at radius 1 is 1.16 bits per heavy atom. The molecule has 0 atom stereocenters. The van der Waals surface area contributed by atoms with Gasteiger partial charge in [0.2, 0.25) is 0 Å². The summed E-state index contributed by atoms with van der Waals surface area (Å²) in [6.45, 7) is 2.64. The minimum atomic E-state index is 0.525. The zero-order valence-corrected chi connectivity index (χ0v) is 11.0. The number of nitrogens with zero attached hydrogens (tertiary/aromatic N) is 2. The Bertz CT molecular complexity index is 713. The summed E-state index contributed by atoms with van der Waals surface area (Å²) >= 11 is 0. The highest BCUT2D eigenvalue weighted by Gasteiger charge is 2.05. The average molecular weight is 251 g/mol. The first kappa shape index (κ1) is 11.9. The number of aryl methyl sites for hydroxylation is 1. The lowest BCUT2D eigenvalue weighted by atomic mass is 10.1. The first-order chi connectivity index (χ1) is 9.26. The van der Waals surface area contributed by atoms with Crippen molar-refractivity contribution in [2.45, 2.75) is 19.9 Å². The van der Waals surface area contributed by atoms with Crippen molar-refractivity contribution in [3.63, 3.8) is 0 Å². The van der Waals surface area contributed by atoms with E-state index in [1.165, 1.54) is 11.1 Å². The Morgan fingerprint density at radius 3 is 2.79 bits per heavy atom. The summed E-state index contributed by atoms with van der Waals surface area (Å²) in [4.78, 5) is 4.65. The molecule has 2 N–H and O–H groups in total. The molecule has 0 aliphatic carbocycles. The van der Waals surface area contributed by atoms with E-state index in [9.17, 15) is 0 Å². The SMILES string of the molecule is Cc1cccc(Cc2cn3c(CN)cccc3n2)c1. The van der Waals surface area contributed by atoms with Gasteiger partial charge in [-0.1, -0.05) is 35.9 Å². The van der Waals surface area contributed by atoms with Gasteiger partial charge in [-0.15, -0.1) is 0 Å². The average Bonchev–Trinajstić information content (AvgIpc) is 2.80. The van der Waals surface area contributed by atoms with Gasteiger partial charge in [0.25, 0.3) is 0 Å². The van der Waals surface area contributed by atoms with E-state index in [1.54, 1.807) is 0 Å². The molecule has 2 aromatic heterocycles. The maximum absolute atomic E-state index is 5.75. The van der Waals surface area contributed by atoms with Crippen LogP contribution in [0.2, 0.25) is 0 Å². The van der Waals surface area contributed by atoms with E-state index in [0.717, 1.165) is 23.5 Å². The van der Waals surface area contributed by atoms with E-state index < -0.39 is 0 Å². The number of hydrogen-bond donors (Lipinski definition) is 1. The monoisotopic (exact) mass is 251 g/mol. The third kappa shape index (κ3) is 2.37. The summed E-state index contributed by atoms with van der Waals surface area (Å²) in [5.41, 5.74) is 11.4. The van der Waals surface area contributed by atoms with Crippen LogP contribution in [0.1, 0.15) is 22.5 Å². The van der Waals surface area contributed by atoms with Gasteiger partial charge >= 0.3 is 0 Å². The minimum absolute atomic E-state index is 0.525. The van der Waals surface area contributed by atoms with E-state index in [2.05, 4.69) is 46.8 Å². The van der Waals surface area contributed by atoms with E-state index >= 15 is 0 Å². The molecule has 2 heterocycles. The maximum atomic E-state index is 5.75. The highest BCUT2D eigenvalue weighted by atomic mass is 15.0. The van der Waals surface area contributed by atoms with Crippen molar-refractivity contribution in [1.82, 2.24) is 9.38 Å². The Kier molecular flexibility index (Phi) is 3.05. The van der Waals surface area contributed by atoms with Crippen molar-refractivity contribution in [3.05, 3.63) is 71.2 Å². The summed E-state index contributed by atoms with van der Waals surface area (Å²) in [6, 6.07) is 14.6. The predicted molar refractivity (Wildman–Crippen MR) is 77.1 cm³/mol. The molecular weight excluding hydrogens is 234 g/mol. The predicted octanol–water partition coefficient (Wildman–Crippen LogP) is 2.69. The Labute approximate surface area is 112 Å². The smallest absolute Gasteiger partial charge is 0.137 e. The van der Waals surface area contributed by atoms with Crippen LogP contribution in [0, 0.1) is 6.92 Å². The van der Waals surface area contributed by atoms with Crippen LogP contribution in [0.5, 0.6) is 0 Å². The number of imidazole rings is 1. The second-order valence-corrected chi connectivity index (χ2v) is 4.85. The van der Waals surface area contributed by atoms with Gasteiger partial charge in [-0.05, 0) is 24.6 Å². The van der Waals surface area contributed by atoms with Crippen LogP contribution in [0.15, 0.2) is 48.7 Å². The van der Waals surface area contributed by atoms with Crippen molar-refractivity contribution in [1.29, 1.82) is 0 Å². The fraction of sp³-hybridized carbons (Fsp3) is 0.188. The molecule has 0 radical (unpaired) electrons. The van der Waals surface area contributed by atoms with Crippen LogP contribution in [0.25, 0.3) is 5.65 Å². The van der Waals surface area contributed by atoms with Gasteiger partial charge in [0, 0.05) is 24.9 Å². The molecule has 0 saturated heterocycles. The second-order valence-electron chi connectivity index (χ2n) is 4.85. The number of rotatable bonds is 3. The molecule has 1 aromatic carbocycles.